The van der Waals surface area contributed by atoms with Crippen molar-refractivity contribution in [2.45, 2.75) is 31.6 Å². The van der Waals surface area contributed by atoms with Crippen LogP contribution in [0.1, 0.15) is 46.2 Å². The van der Waals surface area contributed by atoms with Crippen LogP contribution in [0, 0.1) is 0 Å². The van der Waals surface area contributed by atoms with Gasteiger partial charge in [0.15, 0.2) is 5.69 Å². The van der Waals surface area contributed by atoms with Gasteiger partial charge in [-0.15, -0.1) is 5.10 Å². The summed E-state index contributed by atoms with van der Waals surface area (Å²) in [4.78, 5) is 15.0. The average molecular weight is 348 g/mol. The van der Waals surface area contributed by atoms with Gasteiger partial charge in [-0.3, -0.25) is 9.89 Å². The zero-order valence-corrected chi connectivity index (χ0v) is 14.4. The van der Waals surface area contributed by atoms with Crippen molar-refractivity contribution in [3.05, 3.63) is 59.2 Å². The molecule has 1 aromatic carbocycles. The van der Waals surface area contributed by atoms with Crippen LogP contribution in [0.2, 0.25) is 0 Å². The Balaban J connectivity index is 1.38. The number of hydrogen-bond donors (Lipinski definition) is 1. The normalized spacial score (nSPS) is 17.0. The summed E-state index contributed by atoms with van der Waals surface area (Å²) in [5.41, 5.74) is 5.09. The second-order valence-corrected chi connectivity index (χ2v) is 7.00. The van der Waals surface area contributed by atoms with E-state index in [9.17, 15) is 4.79 Å². The number of H-pyrrole nitrogens is 1. The van der Waals surface area contributed by atoms with Crippen molar-refractivity contribution < 1.29 is 4.79 Å². The molecule has 26 heavy (non-hydrogen) atoms. The van der Waals surface area contributed by atoms with E-state index in [4.69, 9.17) is 0 Å². The third kappa shape index (κ3) is 2.60. The summed E-state index contributed by atoms with van der Waals surface area (Å²) in [5, 5.41) is 15.8. The Bertz CT molecular complexity index is 940. The maximum absolute atomic E-state index is 13.1. The number of benzene rings is 1. The van der Waals surface area contributed by atoms with Gasteiger partial charge in [-0.2, -0.15) is 5.10 Å². The molecule has 0 radical (unpaired) electrons. The molecule has 1 amide bonds. The fourth-order valence-electron chi connectivity index (χ4n) is 3.71. The topological polar surface area (TPSA) is 79.7 Å². The van der Waals surface area contributed by atoms with Gasteiger partial charge in [-0.05, 0) is 37.0 Å². The highest BCUT2D eigenvalue weighted by atomic mass is 16.2. The number of aromatic nitrogens is 5. The molecule has 7 nitrogen and oxygen atoms in total. The van der Waals surface area contributed by atoms with Crippen LogP contribution in [0.5, 0.6) is 0 Å². The molecule has 3 heterocycles. The standard InChI is InChI=1S/C19H20N6O/c26-19(17-12-20-23-25(17)14-4-2-1-3-5-14)24-10-8-15-16(9-11-24)21-22-18(15)13-6-7-13/h1-5,12-13H,6-11H2,(H,21,22). The molecule has 1 N–H and O–H groups in total. The van der Waals surface area contributed by atoms with E-state index in [2.05, 4.69) is 20.5 Å². The fourth-order valence-corrected chi connectivity index (χ4v) is 3.71. The predicted molar refractivity (Wildman–Crippen MR) is 95.2 cm³/mol. The van der Waals surface area contributed by atoms with Crippen molar-refractivity contribution >= 4 is 5.91 Å². The van der Waals surface area contributed by atoms with Gasteiger partial charge in [-0.1, -0.05) is 23.4 Å². The van der Waals surface area contributed by atoms with Crippen LogP contribution in [-0.4, -0.2) is 49.1 Å². The second-order valence-electron chi connectivity index (χ2n) is 7.00. The first kappa shape index (κ1) is 15.3. The monoisotopic (exact) mass is 348 g/mol. The number of aromatic amines is 1. The van der Waals surface area contributed by atoms with Crippen LogP contribution in [0.15, 0.2) is 36.5 Å². The molecule has 1 aliphatic carbocycles. The molecule has 2 aliphatic rings. The lowest BCUT2D eigenvalue weighted by atomic mass is 10.1. The Morgan fingerprint density at radius 2 is 1.92 bits per heavy atom. The molecule has 132 valence electrons. The summed E-state index contributed by atoms with van der Waals surface area (Å²) >= 11 is 0. The van der Waals surface area contributed by atoms with Gasteiger partial charge in [0.25, 0.3) is 5.91 Å². The minimum atomic E-state index is -0.0232. The predicted octanol–water partition coefficient (Wildman–Crippen LogP) is 2.11. The quantitative estimate of drug-likeness (QED) is 0.786. The minimum Gasteiger partial charge on any atom is -0.337 e. The number of amides is 1. The van der Waals surface area contributed by atoms with Crippen LogP contribution in [0.4, 0.5) is 0 Å². The number of nitrogens with zero attached hydrogens (tertiary/aromatic N) is 5. The van der Waals surface area contributed by atoms with E-state index in [1.54, 1.807) is 10.9 Å². The van der Waals surface area contributed by atoms with Gasteiger partial charge in [0.1, 0.15) is 0 Å². The molecule has 7 heteroatoms. The Morgan fingerprint density at radius 3 is 2.73 bits per heavy atom. The molecule has 3 aromatic rings. The zero-order valence-electron chi connectivity index (χ0n) is 14.4. The summed E-state index contributed by atoms with van der Waals surface area (Å²) in [5.74, 6) is 0.603. The summed E-state index contributed by atoms with van der Waals surface area (Å²) < 4.78 is 1.61. The highest BCUT2D eigenvalue weighted by Crippen LogP contribution is 2.41. The van der Waals surface area contributed by atoms with Crippen LogP contribution >= 0.6 is 0 Å². The Hall–Kier alpha value is -2.96. The summed E-state index contributed by atoms with van der Waals surface area (Å²) in [7, 11) is 0. The molecule has 0 unspecified atom stereocenters. The highest BCUT2D eigenvalue weighted by molar-refractivity contribution is 5.92. The first-order valence-electron chi connectivity index (χ1n) is 9.12. The third-order valence-corrected chi connectivity index (χ3v) is 5.27. The van der Waals surface area contributed by atoms with Gasteiger partial charge in [0.2, 0.25) is 0 Å². The first-order chi connectivity index (χ1) is 12.8. The summed E-state index contributed by atoms with van der Waals surface area (Å²) in [6.07, 6.45) is 5.70. The van der Waals surface area contributed by atoms with E-state index >= 15 is 0 Å². The lowest BCUT2D eigenvalue weighted by Crippen LogP contribution is -2.34. The van der Waals surface area contributed by atoms with Crippen LogP contribution in [0.25, 0.3) is 5.69 Å². The Morgan fingerprint density at radius 1 is 1.12 bits per heavy atom. The number of hydrogen-bond acceptors (Lipinski definition) is 4. The van der Waals surface area contributed by atoms with E-state index in [0.717, 1.165) is 18.5 Å². The van der Waals surface area contributed by atoms with Crippen LogP contribution in [0.3, 0.4) is 0 Å². The van der Waals surface area contributed by atoms with E-state index in [-0.39, 0.29) is 5.91 Å². The Kier molecular flexibility index (Phi) is 3.58. The van der Waals surface area contributed by atoms with Crippen molar-refractivity contribution in [2.75, 3.05) is 13.1 Å². The summed E-state index contributed by atoms with van der Waals surface area (Å²) in [6.45, 7) is 1.38. The van der Waals surface area contributed by atoms with E-state index in [1.165, 1.54) is 29.8 Å². The SMILES string of the molecule is O=C(c1cnnn1-c1ccccc1)N1CCc2[nH]nc(C3CC3)c2CC1. The zero-order chi connectivity index (χ0) is 17.5. The number of carbonyl (C=O) groups excluding carboxylic acids is 1. The van der Waals surface area contributed by atoms with Crippen molar-refractivity contribution in [1.29, 1.82) is 0 Å². The first-order valence-corrected chi connectivity index (χ1v) is 9.12. The molecule has 0 saturated heterocycles. The van der Waals surface area contributed by atoms with Gasteiger partial charge in [-0.25, -0.2) is 4.68 Å². The molecule has 1 aliphatic heterocycles. The number of rotatable bonds is 3. The molecule has 2 aromatic heterocycles. The largest absolute Gasteiger partial charge is 0.337 e. The van der Waals surface area contributed by atoms with Crippen LogP contribution in [-0.2, 0) is 12.8 Å². The van der Waals surface area contributed by atoms with Crippen molar-refractivity contribution in [2.24, 2.45) is 0 Å². The smallest absolute Gasteiger partial charge is 0.274 e. The van der Waals surface area contributed by atoms with Crippen molar-refractivity contribution in [1.82, 2.24) is 30.1 Å². The molecule has 1 fully saturated rings. The third-order valence-electron chi connectivity index (χ3n) is 5.27. The average Bonchev–Trinajstić information content (AvgIpc) is 3.33. The number of fused-ring (bicyclic) bond motifs is 1. The lowest BCUT2D eigenvalue weighted by Gasteiger charge is -2.20. The van der Waals surface area contributed by atoms with Crippen LogP contribution < -0.4 is 0 Å². The maximum atomic E-state index is 13.1. The van der Waals surface area contributed by atoms with Crippen molar-refractivity contribution in [3.63, 3.8) is 0 Å². The Labute approximate surface area is 151 Å². The minimum absolute atomic E-state index is 0.0232. The number of para-hydroxylation sites is 1. The maximum Gasteiger partial charge on any atom is 0.274 e. The second kappa shape index (κ2) is 6.09. The molecule has 0 spiro atoms. The molecule has 5 rings (SSSR count). The van der Waals surface area contributed by atoms with Gasteiger partial charge in [0.05, 0.1) is 17.6 Å². The fraction of sp³-hybridized carbons (Fsp3) is 0.368. The highest BCUT2D eigenvalue weighted by Gasteiger charge is 2.32. The van der Waals surface area contributed by atoms with Gasteiger partial charge >= 0.3 is 0 Å². The molecular weight excluding hydrogens is 328 g/mol. The lowest BCUT2D eigenvalue weighted by molar-refractivity contribution is 0.0753. The molecular formula is C19H20N6O. The summed E-state index contributed by atoms with van der Waals surface area (Å²) in [6, 6.07) is 9.64. The van der Waals surface area contributed by atoms with Gasteiger partial charge < -0.3 is 4.90 Å². The van der Waals surface area contributed by atoms with E-state index in [1.807, 2.05) is 35.2 Å². The van der Waals surface area contributed by atoms with Gasteiger partial charge in [0, 0.05) is 31.1 Å². The molecule has 1 saturated carbocycles. The number of carbonyl (C=O) groups is 1. The molecule has 0 atom stereocenters. The van der Waals surface area contributed by atoms with Crippen molar-refractivity contribution in [3.8, 4) is 5.69 Å². The van der Waals surface area contributed by atoms with E-state index in [0.29, 0.717) is 24.7 Å². The number of nitrogens with one attached hydrogen (secondary N) is 1. The van der Waals surface area contributed by atoms with E-state index < -0.39 is 0 Å². The molecule has 0 bridgehead atoms.